The van der Waals surface area contributed by atoms with Gasteiger partial charge in [0.2, 0.25) is 0 Å². The van der Waals surface area contributed by atoms with Crippen molar-refractivity contribution in [2.45, 2.75) is 27.9 Å². The molecule has 0 heterocycles. The monoisotopic (exact) mass is 556 g/mol. The molecule has 0 saturated carbocycles. The summed E-state index contributed by atoms with van der Waals surface area (Å²) in [6, 6.07) is 33.6. The van der Waals surface area contributed by atoms with Gasteiger partial charge in [-0.3, -0.25) is 9.98 Å². The minimum absolute atomic E-state index is 0. The smallest absolute Gasteiger partial charge is 0.123 e. The van der Waals surface area contributed by atoms with E-state index in [1.54, 1.807) is 48.6 Å². The van der Waals surface area contributed by atoms with E-state index in [0.29, 0.717) is 23.8 Å². The van der Waals surface area contributed by atoms with Gasteiger partial charge < -0.3 is 21.3 Å². The first-order valence-corrected chi connectivity index (χ1v) is 12.3. The average Bonchev–Trinajstić information content (AvgIpc) is 2.99. The van der Waals surface area contributed by atoms with Gasteiger partial charge >= 0.3 is 0 Å². The van der Waals surface area contributed by atoms with Crippen LogP contribution in [0, 0.1) is 0 Å². The molecule has 0 aliphatic carbocycles. The van der Waals surface area contributed by atoms with Crippen LogP contribution in [0.5, 0.6) is 11.5 Å². The summed E-state index contributed by atoms with van der Waals surface area (Å²) in [7, 11) is -2.49. The molecule has 0 aromatic heterocycles. The molecular formula is C35H42N4O2. The van der Waals surface area contributed by atoms with Gasteiger partial charge in [0.15, 0.2) is 0 Å². The Hall–Kier alpha value is -5.10. The lowest BCUT2D eigenvalue weighted by atomic mass is 10.2. The molecule has 4 aromatic carbocycles. The van der Waals surface area contributed by atoms with Crippen molar-refractivity contribution >= 4 is 23.8 Å². The van der Waals surface area contributed by atoms with Gasteiger partial charge in [0, 0.05) is 11.1 Å². The number of amidine groups is 2. The summed E-state index contributed by atoms with van der Waals surface area (Å²) >= 11 is 0. The van der Waals surface area contributed by atoms with E-state index in [-0.39, 0.29) is 32.9 Å². The molecule has 214 valence electrons. The van der Waals surface area contributed by atoms with Crippen LogP contribution in [0.4, 0.5) is 0 Å². The van der Waals surface area contributed by atoms with E-state index in [2.05, 4.69) is 9.98 Å². The summed E-state index contributed by atoms with van der Waals surface area (Å²) in [6.07, 6.45) is 7.24. The highest BCUT2D eigenvalue weighted by atomic mass is 16.5. The molecule has 41 heavy (non-hydrogen) atoms. The average molecular weight is 557 g/mol. The fourth-order valence-corrected chi connectivity index (χ4v) is 3.33. The van der Waals surface area contributed by atoms with E-state index in [1.807, 2.05) is 84.9 Å². The Morgan fingerprint density at radius 3 is 1.63 bits per heavy atom. The maximum atomic E-state index is 9.60. The summed E-state index contributed by atoms with van der Waals surface area (Å²) in [4.78, 5) is 8.46. The van der Waals surface area contributed by atoms with Crippen LogP contribution in [0.15, 0.2) is 131 Å². The molecule has 6 heteroatoms. The fourth-order valence-electron chi connectivity index (χ4n) is 3.33. The Morgan fingerprint density at radius 1 is 0.683 bits per heavy atom. The van der Waals surface area contributed by atoms with Gasteiger partial charge in [-0.15, -0.1) is 0 Å². The van der Waals surface area contributed by atoms with Gasteiger partial charge in [-0.05, 0) is 35.4 Å². The quantitative estimate of drug-likeness (QED) is 0.147. The van der Waals surface area contributed by atoms with Gasteiger partial charge in [0.25, 0.3) is 0 Å². The van der Waals surface area contributed by atoms with Crippen molar-refractivity contribution < 1.29 is 14.0 Å². The Bertz CT molecular complexity index is 1520. The van der Waals surface area contributed by atoms with Crippen molar-refractivity contribution in [2.75, 3.05) is 7.04 Å². The molecule has 0 spiro atoms. The molecule has 0 fully saturated rings. The van der Waals surface area contributed by atoms with E-state index in [1.165, 1.54) is 0 Å². The van der Waals surface area contributed by atoms with Crippen molar-refractivity contribution in [1.82, 2.24) is 0 Å². The lowest BCUT2D eigenvalue weighted by molar-refractivity contribution is 0.410. The van der Waals surface area contributed by atoms with Crippen LogP contribution in [-0.4, -0.2) is 23.8 Å². The number of aliphatic imine (C=N–C) groups is 2. The summed E-state index contributed by atoms with van der Waals surface area (Å²) in [5, 5.41) is 9.60. The van der Waals surface area contributed by atoms with Crippen molar-refractivity contribution in [3.63, 3.8) is 0 Å². The summed E-state index contributed by atoms with van der Waals surface area (Å²) in [5.41, 5.74) is 15.2. The molecule has 0 amide bonds. The number of nitrogens with two attached hydrogens (primary N) is 2. The number of nitrogens with zero attached hydrogens (tertiary/aromatic N) is 2. The molecule has 0 aliphatic heterocycles. The molecule has 0 bridgehead atoms. The van der Waals surface area contributed by atoms with Gasteiger partial charge in [0.05, 0.1) is 24.2 Å². The predicted octanol–water partition coefficient (Wildman–Crippen LogP) is 7.50. The Kier molecular flexibility index (Phi) is 13.4. The van der Waals surface area contributed by atoms with Gasteiger partial charge in [-0.1, -0.05) is 124 Å². The van der Waals surface area contributed by atoms with E-state index in [0.717, 1.165) is 16.7 Å². The van der Waals surface area contributed by atoms with Crippen molar-refractivity contribution in [3.8, 4) is 11.5 Å². The van der Waals surface area contributed by atoms with E-state index >= 15 is 0 Å². The first-order valence-electron chi connectivity index (χ1n) is 13.8. The number of hydrogen-bond acceptors (Lipinski definition) is 4. The van der Waals surface area contributed by atoms with Crippen LogP contribution in [0.2, 0.25) is 0 Å². The first-order chi connectivity index (χ1) is 20.2. The highest BCUT2D eigenvalue weighted by molar-refractivity contribution is 5.95. The third-order valence-electron chi connectivity index (χ3n) is 5.43. The van der Waals surface area contributed by atoms with Gasteiger partial charge in [-0.25, -0.2) is 0 Å². The Labute approximate surface area is 249 Å². The third-order valence-corrected chi connectivity index (χ3v) is 5.43. The van der Waals surface area contributed by atoms with E-state index in [4.69, 9.17) is 20.3 Å². The second kappa shape index (κ2) is 19.0. The molecular weight excluding hydrogens is 508 g/mol. The SMILES string of the molecule is C.C.NC(/C=C/c1ccccc1)=NCc1ccccc1O.[3H]C([3H])([3H])Oc1ccccc1CN=C(N)/C=C/c1ccccc1. The molecule has 0 radical (unpaired) electrons. The zero-order valence-corrected chi connectivity index (χ0v) is 21.5. The van der Waals surface area contributed by atoms with Gasteiger partial charge in [-0.2, -0.15) is 0 Å². The number of rotatable bonds is 9. The van der Waals surface area contributed by atoms with Crippen LogP contribution in [0.3, 0.4) is 0 Å². The van der Waals surface area contributed by atoms with Gasteiger partial charge in [0.1, 0.15) is 23.2 Å². The summed E-state index contributed by atoms with van der Waals surface area (Å²) < 4.78 is 26.5. The highest BCUT2D eigenvalue weighted by Crippen LogP contribution is 2.18. The Morgan fingerprint density at radius 2 is 1.12 bits per heavy atom. The topological polar surface area (TPSA) is 106 Å². The number of ether oxygens (including phenoxy) is 1. The predicted molar refractivity (Wildman–Crippen MR) is 176 cm³/mol. The minimum Gasteiger partial charge on any atom is -0.508 e. The van der Waals surface area contributed by atoms with Crippen LogP contribution in [0.1, 0.15) is 41.2 Å². The Balaban J connectivity index is 0.000000427. The number of phenolic OH excluding ortho intramolecular Hbond substituents is 1. The number of methoxy groups -OCH3 is 1. The summed E-state index contributed by atoms with van der Waals surface area (Å²) in [5.74, 6) is 1.33. The lowest BCUT2D eigenvalue weighted by Crippen LogP contribution is -2.08. The molecule has 0 unspecified atom stereocenters. The fraction of sp³-hybridized carbons (Fsp3) is 0.143. The maximum Gasteiger partial charge on any atom is 0.123 e. The van der Waals surface area contributed by atoms with Crippen molar-refractivity contribution in [3.05, 3.63) is 144 Å². The van der Waals surface area contributed by atoms with Crippen molar-refractivity contribution in [1.29, 1.82) is 0 Å². The normalized spacial score (nSPS) is 12.6. The van der Waals surface area contributed by atoms with E-state index in [9.17, 15) is 5.11 Å². The number of para-hydroxylation sites is 2. The standard InChI is InChI=1S/C17H18N2O.C16H16N2O.2CH4/c1-20-16-10-6-5-9-15(16)13-19-17(18)12-11-14-7-3-2-4-8-14;17-16(11-10-13-6-2-1-3-7-13)18-12-14-8-4-5-9-15(14)19;;/h2-12H,13H2,1H3,(H2,18,19);1-11,19H,12H2,(H2,17,18);2*1H4/b12-11+;11-10+;;/i1T3;;;. The zero-order chi connectivity index (χ0) is 30.2. The molecule has 4 rings (SSSR count). The number of phenols is 1. The third kappa shape index (κ3) is 12.5. The molecule has 4 aromatic rings. The molecule has 6 nitrogen and oxygen atoms in total. The second-order valence-corrected chi connectivity index (χ2v) is 8.31. The number of hydrogen-bond donors (Lipinski definition) is 3. The summed E-state index contributed by atoms with van der Waals surface area (Å²) in [6.45, 7) is 0.620. The molecule has 0 saturated heterocycles. The number of benzene rings is 4. The first kappa shape index (κ1) is 28.9. The molecule has 0 atom stereocenters. The largest absolute Gasteiger partial charge is 0.508 e. The molecule has 0 aliphatic rings. The molecule has 5 N–H and O–H groups in total. The second-order valence-electron chi connectivity index (χ2n) is 8.31. The van der Waals surface area contributed by atoms with Crippen LogP contribution < -0.4 is 16.2 Å². The minimum atomic E-state index is -2.49. The highest BCUT2D eigenvalue weighted by Gasteiger charge is 2.00. The van der Waals surface area contributed by atoms with Crippen LogP contribution >= 0.6 is 0 Å². The van der Waals surface area contributed by atoms with Crippen LogP contribution in [-0.2, 0) is 13.1 Å². The zero-order valence-electron chi connectivity index (χ0n) is 24.5. The van der Waals surface area contributed by atoms with Crippen molar-refractivity contribution in [2.24, 2.45) is 21.5 Å². The van der Waals surface area contributed by atoms with Crippen LogP contribution in [0.25, 0.3) is 12.2 Å². The lowest BCUT2D eigenvalue weighted by Gasteiger charge is -2.05. The number of aromatic hydroxyl groups is 1. The maximum absolute atomic E-state index is 9.60. The van der Waals surface area contributed by atoms with E-state index < -0.39 is 7.04 Å².